The number of amides is 1. The molecule has 0 spiro atoms. The lowest BCUT2D eigenvalue weighted by atomic mass is 9.95. The first-order valence-corrected chi connectivity index (χ1v) is 15.3. The van der Waals surface area contributed by atoms with E-state index in [9.17, 15) is 14.7 Å². The third-order valence-electron chi connectivity index (χ3n) is 7.66. The molecule has 1 N–H and O–H groups in total. The number of Topliss-reactive ketones (excluding diaryl/α,β-unsaturated/α-hetero) is 1. The van der Waals surface area contributed by atoms with Crippen molar-refractivity contribution in [2.45, 2.75) is 66.3 Å². The molecular formula is C34H48N2O6. The molecule has 2 aromatic rings. The van der Waals surface area contributed by atoms with Gasteiger partial charge in [-0.1, -0.05) is 47.1 Å². The highest BCUT2D eigenvalue weighted by Gasteiger charge is 2.46. The zero-order valence-corrected chi connectivity index (χ0v) is 26.2. The van der Waals surface area contributed by atoms with Crippen molar-refractivity contribution in [1.29, 1.82) is 0 Å². The number of carbonyl (C=O) groups is 2. The maximum absolute atomic E-state index is 13.5. The highest BCUT2D eigenvalue weighted by molar-refractivity contribution is 6.46. The molecule has 1 atom stereocenters. The van der Waals surface area contributed by atoms with Gasteiger partial charge in [0.1, 0.15) is 11.5 Å². The smallest absolute Gasteiger partial charge is 0.295 e. The van der Waals surface area contributed by atoms with Gasteiger partial charge in [0.2, 0.25) is 0 Å². The van der Waals surface area contributed by atoms with Gasteiger partial charge in [-0.15, -0.1) is 0 Å². The molecule has 8 heteroatoms. The summed E-state index contributed by atoms with van der Waals surface area (Å²) >= 11 is 0. The van der Waals surface area contributed by atoms with E-state index in [2.05, 4.69) is 39.5 Å². The highest BCUT2D eigenvalue weighted by Crippen LogP contribution is 2.42. The zero-order valence-electron chi connectivity index (χ0n) is 26.2. The third kappa shape index (κ3) is 8.28. The molecule has 2 aromatic carbocycles. The van der Waals surface area contributed by atoms with E-state index >= 15 is 0 Å². The number of hydrogen-bond donors (Lipinski definition) is 1. The quantitative estimate of drug-likeness (QED) is 0.0995. The first kappa shape index (κ1) is 33.0. The average molecular weight is 581 g/mol. The number of benzene rings is 2. The first-order chi connectivity index (χ1) is 20.2. The second-order valence-electron chi connectivity index (χ2n) is 11.0. The van der Waals surface area contributed by atoms with Crippen molar-refractivity contribution >= 4 is 17.4 Å². The zero-order chi connectivity index (χ0) is 30.6. The van der Waals surface area contributed by atoms with Crippen molar-refractivity contribution in [2.75, 3.05) is 46.5 Å². The van der Waals surface area contributed by atoms with Crippen LogP contribution >= 0.6 is 0 Å². The molecular weight excluding hydrogens is 532 g/mol. The Morgan fingerprint density at radius 3 is 2.29 bits per heavy atom. The highest BCUT2D eigenvalue weighted by atomic mass is 16.5. The fourth-order valence-corrected chi connectivity index (χ4v) is 5.04. The lowest BCUT2D eigenvalue weighted by molar-refractivity contribution is -0.140. The maximum atomic E-state index is 13.5. The number of ether oxygens (including phenoxy) is 3. The van der Waals surface area contributed by atoms with E-state index < -0.39 is 17.7 Å². The van der Waals surface area contributed by atoms with Gasteiger partial charge in [0.15, 0.2) is 11.5 Å². The van der Waals surface area contributed by atoms with Gasteiger partial charge in [0.05, 0.1) is 31.9 Å². The molecule has 0 radical (unpaired) electrons. The number of ketones is 1. The van der Waals surface area contributed by atoms with Crippen molar-refractivity contribution in [3.8, 4) is 17.2 Å². The minimum absolute atomic E-state index is 0.0676. The predicted octanol–water partition coefficient (Wildman–Crippen LogP) is 6.45. The van der Waals surface area contributed by atoms with Crippen LogP contribution in [0.25, 0.3) is 5.76 Å². The van der Waals surface area contributed by atoms with Crippen molar-refractivity contribution in [1.82, 2.24) is 9.80 Å². The second-order valence-corrected chi connectivity index (χ2v) is 11.0. The van der Waals surface area contributed by atoms with Crippen LogP contribution in [0.2, 0.25) is 0 Å². The third-order valence-corrected chi connectivity index (χ3v) is 7.66. The van der Waals surface area contributed by atoms with Crippen molar-refractivity contribution in [2.24, 2.45) is 5.92 Å². The number of aliphatic hydroxyl groups excluding tert-OH is 1. The molecule has 0 aromatic heterocycles. The number of nitrogens with zero attached hydrogens (tertiary/aromatic N) is 2. The fraction of sp³-hybridized carbons (Fsp3) is 0.529. The standard InChI is InChI=1S/C34H48N2O6/c1-7-10-21-41-27-15-12-25(13-16-27)32(37)30-31(36(34(39)33(30)38)20-11-19-35(8-2)9-3)26-14-17-28(29(23-26)40-6)42-22-18-24(4)5/h12-17,23-24,31,37H,7-11,18-22H2,1-6H3/t31-/m0/s1. The predicted molar refractivity (Wildman–Crippen MR) is 166 cm³/mol. The molecule has 1 saturated heterocycles. The lowest BCUT2D eigenvalue weighted by Gasteiger charge is -2.27. The van der Waals surface area contributed by atoms with Crippen molar-refractivity contribution in [3.63, 3.8) is 0 Å². The number of carbonyl (C=O) groups excluding carboxylic acids is 2. The number of unbranched alkanes of at least 4 members (excludes halogenated alkanes) is 1. The van der Waals surface area contributed by atoms with Crippen LogP contribution in [0.4, 0.5) is 0 Å². The summed E-state index contributed by atoms with van der Waals surface area (Å²) in [6.07, 6.45) is 3.58. The van der Waals surface area contributed by atoms with E-state index in [1.807, 2.05) is 12.1 Å². The molecule has 1 amide bonds. The molecule has 230 valence electrons. The van der Waals surface area contributed by atoms with E-state index in [-0.39, 0.29) is 11.3 Å². The largest absolute Gasteiger partial charge is 0.507 e. The van der Waals surface area contributed by atoms with Gasteiger partial charge in [-0.25, -0.2) is 0 Å². The Morgan fingerprint density at radius 2 is 1.67 bits per heavy atom. The molecule has 42 heavy (non-hydrogen) atoms. The minimum atomic E-state index is -0.763. The Morgan fingerprint density at radius 1 is 0.952 bits per heavy atom. The first-order valence-electron chi connectivity index (χ1n) is 15.3. The average Bonchev–Trinajstić information content (AvgIpc) is 3.24. The summed E-state index contributed by atoms with van der Waals surface area (Å²) in [5, 5.41) is 11.5. The number of aliphatic hydroxyl groups is 1. The van der Waals surface area contributed by atoms with Gasteiger partial charge in [0, 0.05) is 12.1 Å². The molecule has 0 bridgehead atoms. The molecule has 0 saturated carbocycles. The van der Waals surface area contributed by atoms with Crippen LogP contribution in [0.5, 0.6) is 17.2 Å². The summed E-state index contributed by atoms with van der Waals surface area (Å²) in [6, 6.07) is 11.7. The van der Waals surface area contributed by atoms with E-state index in [0.29, 0.717) is 60.5 Å². The second kappa shape index (κ2) is 16.2. The van der Waals surface area contributed by atoms with E-state index in [1.54, 1.807) is 42.3 Å². The summed E-state index contributed by atoms with van der Waals surface area (Å²) in [5.41, 5.74) is 1.19. The van der Waals surface area contributed by atoms with Crippen molar-refractivity contribution in [3.05, 3.63) is 59.2 Å². The Bertz CT molecular complexity index is 1200. The summed E-state index contributed by atoms with van der Waals surface area (Å²) in [5.74, 6) is 0.782. The van der Waals surface area contributed by atoms with Crippen LogP contribution in [-0.2, 0) is 9.59 Å². The molecule has 1 aliphatic heterocycles. The Hall–Kier alpha value is -3.52. The summed E-state index contributed by atoms with van der Waals surface area (Å²) in [7, 11) is 1.57. The Kier molecular flexibility index (Phi) is 12.7. The number of rotatable bonds is 17. The Labute approximate surface area is 251 Å². The fourth-order valence-electron chi connectivity index (χ4n) is 5.04. The minimum Gasteiger partial charge on any atom is -0.507 e. The van der Waals surface area contributed by atoms with Crippen LogP contribution in [0.3, 0.4) is 0 Å². The SMILES string of the molecule is CCCCOc1ccc(C(O)=C2C(=O)C(=O)N(CCCN(CC)CC)[C@H]2c2ccc(OCCC(C)C)c(OC)c2)cc1. The van der Waals surface area contributed by atoms with Gasteiger partial charge in [-0.05, 0) is 86.8 Å². The van der Waals surface area contributed by atoms with E-state index in [1.165, 1.54) is 0 Å². The van der Waals surface area contributed by atoms with Crippen molar-refractivity contribution < 1.29 is 28.9 Å². The number of hydrogen-bond acceptors (Lipinski definition) is 7. The lowest BCUT2D eigenvalue weighted by Crippen LogP contribution is -2.33. The summed E-state index contributed by atoms with van der Waals surface area (Å²) < 4.78 is 17.4. The van der Waals surface area contributed by atoms with Gasteiger partial charge in [-0.3, -0.25) is 9.59 Å². The van der Waals surface area contributed by atoms with Gasteiger partial charge in [0.25, 0.3) is 11.7 Å². The van der Waals surface area contributed by atoms with Crippen LogP contribution in [-0.4, -0.2) is 73.1 Å². The van der Waals surface area contributed by atoms with Crippen LogP contribution in [0.1, 0.15) is 77.5 Å². The molecule has 1 heterocycles. The molecule has 1 fully saturated rings. The summed E-state index contributed by atoms with van der Waals surface area (Å²) in [6.45, 7) is 14.7. The normalized spacial score (nSPS) is 16.5. The van der Waals surface area contributed by atoms with E-state index in [0.717, 1.165) is 38.9 Å². The molecule has 0 aliphatic carbocycles. The molecule has 8 nitrogen and oxygen atoms in total. The topological polar surface area (TPSA) is 88.5 Å². The monoisotopic (exact) mass is 580 g/mol. The van der Waals surface area contributed by atoms with Gasteiger partial charge in [-0.2, -0.15) is 0 Å². The number of methoxy groups -OCH3 is 1. The summed E-state index contributed by atoms with van der Waals surface area (Å²) in [4.78, 5) is 30.8. The van der Waals surface area contributed by atoms with E-state index in [4.69, 9.17) is 14.2 Å². The molecule has 0 unspecified atom stereocenters. The van der Waals surface area contributed by atoms with Crippen LogP contribution < -0.4 is 14.2 Å². The van der Waals surface area contributed by atoms with Gasteiger partial charge >= 0.3 is 0 Å². The Balaban J connectivity index is 2.00. The van der Waals surface area contributed by atoms with Crippen LogP contribution in [0.15, 0.2) is 48.0 Å². The maximum Gasteiger partial charge on any atom is 0.295 e. The van der Waals surface area contributed by atoms with Gasteiger partial charge < -0.3 is 29.1 Å². The number of likely N-dealkylation sites (tertiary alicyclic amines) is 1. The van der Waals surface area contributed by atoms with Crippen LogP contribution in [0, 0.1) is 5.92 Å². The molecule has 3 rings (SSSR count). The molecule has 1 aliphatic rings.